The number of thiocarbonyl (C=S) groups is 1. The van der Waals surface area contributed by atoms with Gasteiger partial charge in [0, 0.05) is 17.9 Å². The topological polar surface area (TPSA) is 106 Å². The second-order valence-corrected chi connectivity index (χ2v) is 9.20. The molecule has 6 nitrogen and oxygen atoms in total. The molecule has 10 heteroatoms. The molecule has 0 unspecified atom stereocenters. The molecule has 0 aliphatic carbocycles. The van der Waals surface area contributed by atoms with Gasteiger partial charge in [0.05, 0.1) is 10.8 Å². The van der Waals surface area contributed by atoms with Gasteiger partial charge in [-0.2, -0.15) is 0 Å². The Hall–Kier alpha value is -0.740. The Morgan fingerprint density at radius 1 is 1.33 bits per heavy atom. The van der Waals surface area contributed by atoms with Gasteiger partial charge in [0.1, 0.15) is 9.88 Å². The predicted octanol–water partition coefficient (Wildman–Crippen LogP) is 0.687. The number of halogens is 1. The van der Waals surface area contributed by atoms with Crippen molar-refractivity contribution in [3.63, 3.8) is 0 Å². The number of sulfonamides is 1. The Bertz CT molecular complexity index is 745. The van der Waals surface area contributed by atoms with Crippen molar-refractivity contribution >= 4 is 48.7 Å². The molecule has 0 aliphatic heterocycles. The van der Waals surface area contributed by atoms with Crippen LogP contribution in [0.5, 0.6) is 0 Å². The lowest BCUT2D eigenvalue weighted by atomic mass is 10.2. The van der Waals surface area contributed by atoms with Crippen molar-refractivity contribution in [2.45, 2.75) is 11.8 Å². The highest BCUT2D eigenvalue weighted by Crippen LogP contribution is 2.22. The monoisotopic (exact) mass is 370 g/mol. The maximum atomic E-state index is 12.1. The summed E-state index contributed by atoms with van der Waals surface area (Å²) in [6.45, 7) is 1.26. The lowest BCUT2D eigenvalue weighted by molar-refractivity contribution is 0.581. The number of sulfone groups is 1. The van der Waals surface area contributed by atoms with Gasteiger partial charge in [0.15, 0.2) is 9.84 Å². The number of rotatable bonds is 7. The summed E-state index contributed by atoms with van der Waals surface area (Å²) >= 11 is 10.6. The van der Waals surface area contributed by atoms with Gasteiger partial charge in [-0.05, 0) is 12.1 Å². The van der Waals surface area contributed by atoms with E-state index in [1.807, 2.05) is 0 Å². The van der Waals surface area contributed by atoms with Crippen molar-refractivity contribution in [1.29, 1.82) is 0 Å². The molecule has 1 aromatic rings. The first-order valence-electron chi connectivity index (χ1n) is 5.88. The Labute approximate surface area is 134 Å². The molecule has 118 valence electrons. The second kappa shape index (κ2) is 7.01. The normalized spacial score (nSPS) is 12.3. The van der Waals surface area contributed by atoms with Crippen molar-refractivity contribution in [3.05, 3.63) is 28.8 Å². The molecular formula is C11H15ClN2O4S3. The van der Waals surface area contributed by atoms with Crippen LogP contribution in [-0.2, 0) is 19.9 Å². The van der Waals surface area contributed by atoms with Gasteiger partial charge in [0.25, 0.3) is 0 Å². The number of benzene rings is 1. The molecule has 0 amide bonds. The Balaban J connectivity index is 2.98. The summed E-state index contributed by atoms with van der Waals surface area (Å²) in [6, 6.07) is 4.12. The van der Waals surface area contributed by atoms with Crippen LogP contribution >= 0.6 is 23.8 Å². The predicted molar refractivity (Wildman–Crippen MR) is 86.9 cm³/mol. The first-order chi connectivity index (χ1) is 9.59. The molecule has 0 bridgehead atoms. The second-order valence-electron chi connectivity index (χ2n) is 4.14. The molecule has 0 aliphatic rings. The lowest BCUT2D eigenvalue weighted by Gasteiger charge is -2.10. The Morgan fingerprint density at radius 2 is 1.95 bits per heavy atom. The fraction of sp³-hybridized carbons (Fsp3) is 0.364. The van der Waals surface area contributed by atoms with E-state index in [1.165, 1.54) is 25.1 Å². The molecule has 0 atom stereocenters. The van der Waals surface area contributed by atoms with Crippen LogP contribution in [0.1, 0.15) is 12.5 Å². The van der Waals surface area contributed by atoms with Gasteiger partial charge >= 0.3 is 0 Å². The quantitative estimate of drug-likeness (QED) is 0.684. The van der Waals surface area contributed by atoms with Gasteiger partial charge in [-0.1, -0.05) is 36.8 Å². The summed E-state index contributed by atoms with van der Waals surface area (Å²) < 4.78 is 49.1. The summed E-state index contributed by atoms with van der Waals surface area (Å²) in [5, 5.41) is 0.000786. The van der Waals surface area contributed by atoms with E-state index >= 15 is 0 Å². The van der Waals surface area contributed by atoms with E-state index in [1.54, 1.807) is 0 Å². The van der Waals surface area contributed by atoms with Crippen LogP contribution in [-0.4, -0.2) is 39.9 Å². The average molecular weight is 371 g/mol. The van der Waals surface area contributed by atoms with Crippen LogP contribution in [0, 0.1) is 0 Å². The van der Waals surface area contributed by atoms with Crippen LogP contribution in [0.3, 0.4) is 0 Å². The van der Waals surface area contributed by atoms with Crippen LogP contribution in [0.25, 0.3) is 0 Å². The number of hydrogen-bond donors (Lipinski definition) is 2. The first kappa shape index (κ1) is 18.3. The van der Waals surface area contributed by atoms with Crippen molar-refractivity contribution < 1.29 is 16.8 Å². The molecule has 0 fully saturated rings. The van der Waals surface area contributed by atoms with E-state index in [-0.39, 0.29) is 33.0 Å². The molecule has 0 heterocycles. The van der Waals surface area contributed by atoms with Crippen molar-refractivity contribution in [1.82, 2.24) is 4.72 Å². The van der Waals surface area contributed by atoms with E-state index in [0.717, 1.165) is 0 Å². The largest absolute Gasteiger partial charge is 0.389 e. The average Bonchev–Trinajstić information content (AvgIpc) is 2.38. The van der Waals surface area contributed by atoms with Crippen molar-refractivity contribution in [2.24, 2.45) is 5.73 Å². The SMILES string of the molecule is CCS(=O)(=O)CCNS(=O)(=O)c1cc(C(N)=S)ccc1Cl. The minimum Gasteiger partial charge on any atom is -0.389 e. The van der Waals surface area contributed by atoms with Gasteiger partial charge < -0.3 is 5.73 Å². The third kappa shape index (κ3) is 5.19. The minimum atomic E-state index is -3.94. The van der Waals surface area contributed by atoms with Gasteiger partial charge in [-0.3, -0.25) is 0 Å². The van der Waals surface area contributed by atoms with Gasteiger partial charge in [-0.15, -0.1) is 0 Å². The highest BCUT2D eigenvalue weighted by atomic mass is 35.5. The number of nitrogens with one attached hydrogen (secondary N) is 1. The summed E-state index contributed by atoms with van der Waals surface area (Å²) in [4.78, 5) is -0.153. The smallest absolute Gasteiger partial charge is 0.242 e. The van der Waals surface area contributed by atoms with Crippen molar-refractivity contribution in [2.75, 3.05) is 18.1 Å². The fourth-order valence-corrected chi connectivity index (χ4v) is 3.93. The summed E-state index contributed by atoms with van der Waals surface area (Å²) in [7, 11) is -7.20. The molecule has 3 N–H and O–H groups in total. The van der Waals surface area contributed by atoms with E-state index in [0.29, 0.717) is 5.56 Å². The van der Waals surface area contributed by atoms with E-state index in [2.05, 4.69) is 4.72 Å². The summed E-state index contributed by atoms with van der Waals surface area (Å²) in [5.41, 5.74) is 5.80. The third-order valence-corrected chi connectivity index (χ3v) is 6.53. The summed E-state index contributed by atoms with van der Waals surface area (Å²) in [6.07, 6.45) is 0. The number of hydrogen-bond acceptors (Lipinski definition) is 5. The molecule has 21 heavy (non-hydrogen) atoms. The van der Waals surface area contributed by atoms with Crippen molar-refractivity contribution in [3.8, 4) is 0 Å². The fourth-order valence-electron chi connectivity index (χ4n) is 1.42. The molecule has 1 rings (SSSR count). The zero-order valence-corrected chi connectivity index (χ0v) is 14.4. The molecule has 0 radical (unpaired) electrons. The van der Waals surface area contributed by atoms with Crippen LogP contribution in [0.15, 0.2) is 23.1 Å². The van der Waals surface area contributed by atoms with E-state index in [4.69, 9.17) is 29.6 Å². The molecule has 0 saturated carbocycles. The highest BCUT2D eigenvalue weighted by molar-refractivity contribution is 7.91. The van der Waals surface area contributed by atoms with E-state index < -0.39 is 19.9 Å². The third-order valence-electron chi connectivity index (χ3n) is 2.65. The van der Waals surface area contributed by atoms with E-state index in [9.17, 15) is 16.8 Å². The van der Waals surface area contributed by atoms with Gasteiger partial charge in [-0.25, -0.2) is 21.6 Å². The highest BCUT2D eigenvalue weighted by Gasteiger charge is 2.19. The van der Waals surface area contributed by atoms with Crippen LogP contribution in [0.4, 0.5) is 0 Å². The lowest BCUT2D eigenvalue weighted by Crippen LogP contribution is -2.30. The zero-order chi connectivity index (χ0) is 16.3. The first-order valence-corrected chi connectivity index (χ1v) is 9.97. The summed E-state index contributed by atoms with van der Waals surface area (Å²) in [5.74, 6) is -0.332. The minimum absolute atomic E-state index is 0.000786. The standard InChI is InChI=1S/C11H15ClN2O4S3/c1-2-20(15,16)6-5-14-21(17,18)10-7-8(11(13)19)3-4-9(10)12/h3-4,7,14H,2,5-6H2,1H3,(H2,13,19). The Kier molecular flexibility index (Phi) is 6.11. The molecule has 0 spiro atoms. The Morgan fingerprint density at radius 3 is 2.48 bits per heavy atom. The van der Waals surface area contributed by atoms with Crippen LogP contribution < -0.4 is 10.5 Å². The maximum Gasteiger partial charge on any atom is 0.242 e. The van der Waals surface area contributed by atoms with Gasteiger partial charge in [0.2, 0.25) is 10.0 Å². The molecule has 0 saturated heterocycles. The zero-order valence-electron chi connectivity index (χ0n) is 11.2. The maximum absolute atomic E-state index is 12.1. The molecule has 0 aromatic heterocycles. The van der Waals surface area contributed by atoms with Crippen LogP contribution in [0.2, 0.25) is 5.02 Å². The number of nitrogens with two attached hydrogens (primary N) is 1. The molecule has 1 aromatic carbocycles. The molecular weight excluding hydrogens is 356 g/mol.